The molecule has 0 saturated heterocycles. The fourth-order valence-corrected chi connectivity index (χ4v) is 9.97. The predicted octanol–water partition coefficient (Wildman–Crippen LogP) is 13.7. The minimum Gasteiger partial charge on any atom is -0.344 e. The highest BCUT2D eigenvalue weighted by Gasteiger charge is 2.50. The molecule has 2 unspecified atom stereocenters. The van der Waals surface area contributed by atoms with Crippen molar-refractivity contribution < 1.29 is 4.58 Å². The molecule has 0 spiro atoms. The molecule has 0 bridgehead atoms. The maximum absolute atomic E-state index is 4.42. The third-order valence-corrected chi connectivity index (χ3v) is 12.7. The van der Waals surface area contributed by atoms with Gasteiger partial charge in [0.05, 0.1) is 5.41 Å². The number of rotatable bonds is 14. The zero-order valence-electron chi connectivity index (χ0n) is 34.7. The minimum atomic E-state index is -0.287. The molecule has 2 nitrogen and oxygen atoms in total. The molecule has 0 amide bonds. The lowest BCUT2D eigenvalue weighted by Gasteiger charge is -2.34. The monoisotopic (exact) mass is 747 g/mol. The topological polar surface area (TPSA) is 6.25 Å². The lowest BCUT2D eigenvalue weighted by atomic mass is 9.70. The van der Waals surface area contributed by atoms with Crippen LogP contribution in [0.1, 0.15) is 76.1 Å². The summed E-state index contributed by atoms with van der Waals surface area (Å²) in [6.07, 6.45) is 14.4. The Kier molecular flexibility index (Phi) is 10.9. The van der Waals surface area contributed by atoms with E-state index in [0.717, 1.165) is 45.2 Å². The second kappa shape index (κ2) is 16.2. The quantitative estimate of drug-likeness (QED) is 0.0794. The molecule has 2 heterocycles. The molecule has 6 aromatic carbocycles. The summed E-state index contributed by atoms with van der Waals surface area (Å²) in [6, 6.07) is 49.6. The first-order valence-corrected chi connectivity index (χ1v) is 21.3. The average molecular weight is 748 g/mol. The van der Waals surface area contributed by atoms with Crippen molar-refractivity contribution in [1.29, 1.82) is 0 Å². The van der Waals surface area contributed by atoms with Crippen LogP contribution in [0.25, 0.3) is 21.5 Å². The smallest absolute Gasteiger partial charge is 0.210 e. The lowest BCUT2D eigenvalue weighted by molar-refractivity contribution is -0.439. The van der Waals surface area contributed by atoms with Gasteiger partial charge in [-0.15, -0.1) is 6.58 Å². The second-order valence-corrected chi connectivity index (χ2v) is 17.6. The molecule has 2 atom stereocenters. The number of allylic oxidation sites excluding steroid dienone is 5. The van der Waals surface area contributed by atoms with Crippen LogP contribution < -0.4 is 4.90 Å². The summed E-state index contributed by atoms with van der Waals surface area (Å²) in [6.45, 7) is 18.3. The van der Waals surface area contributed by atoms with Gasteiger partial charge in [-0.05, 0) is 101 Å². The van der Waals surface area contributed by atoms with Crippen molar-refractivity contribution in [2.24, 2.45) is 11.8 Å². The third-order valence-electron chi connectivity index (χ3n) is 12.7. The SMILES string of the molecule is C=CCC1(Cc2ccccc2)/C(=C\C=C\C2=[N+](CCC(C)C)c3ccc4ccccc4c3C2(C)Cc2ccccc2)N(CCC(C)C)c2ccc3ccccc3c21. The summed E-state index contributed by atoms with van der Waals surface area (Å²) < 4.78 is 2.66. The van der Waals surface area contributed by atoms with Gasteiger partial charge in [0, 0.05) is 47.5 Å². The molecular formula is C55H59N2+. The maximum atomic E-state index is 4.42. The molecule has 6 aromatic rings. The number of nitrogens with zero attached hydrogens (tertiary/aromatic N) is 2. The molecular weight excluding hydrogens is 689 g/mol. The van der Waals surface area contributed by atoms with E-state index in [9.17, 15) is 0 Å². The molecule has 0 saturated carbocycles. The van der Waals surface area contributed by atoms with Gasteiger partial charge in [-0.25, -0.2) is 0 Å². The van der Waals surface area contributed by atoms with Crippen molar-refractivity contribution in [2.75, 3.05) is 18.0 Å². The van der Waals surface area contributed by atoms with Gasteiger partial charge in [-0.1, -0.05) is 155 Å². The number of hydrogen-bond acceptors (Lipinski definition) is 1. The van der Waals surface area contributed by atoms with Crippen molar-refractivity contribution in [3.05, 3.63) is 192 Å². The van der Waals surface area contributed by atoms with Crippen LogP contribution in [0, 0.1) is 11.8 Å². The minimum absolute atomic E-state index is 0.238. The van der Waals surface area contributed by atoms with Crippen molar-refractivity contribution >= 4 is 38.6 Å². The average Bonchev–Trinajstić information content (AvgIpc) is 3.61. The fourth-order valence-electron chi connectivity index (χ4n) is 9.97. The zero-order chi connectivity index (χ0) is 39.6. The molecule has 2 aliphatic heterocycles. The molecule has 57 heavy (non-hydrogen) atoms. The fraction of sp³-hybridized carbons (Fsp3) is 0.291. The Hall–Kier alpha value is -5.47. The molecule has 2 heteroatoms. The molecule has 0 fully saturated rings. The largest absolute Gasteiger partial charge is 0.344 e. The van der Waals surface area contributed by atoms with Gasteiger partial charge >= 0.3 is 0 Å². The first-order valence-electron chi connectivity index (χ1n) is 21.3. The lowest BCUT2D eigenvalue weighted by Crippen LogP contribution is -2.34. The molecule has 0 N–H and O–H groups in total. The first kappa shape index (κ1) is 38.4. The summed E-state index contributed by atoms with van der Waals surface area (Å²) in [5, 5.41) is 5.30. The van der Waals surface area contributed by atoms with E-state index in [1.54, 1.807) is 0 Å². The Morgan fingerprint density at radius 3 is 1.86 bits per heavy atom. The van der Waals surface area contributed by atoms with E-state index < -0.39 is 0 Å². The van der Waals surface area contributed by atoms with Crippen LogP contribution in [0.15, 0.2) is 170 Å². The van der Waals surface area contributed by atoms with Crippen molar-refractivity contribution in [2.45, 2.75) is 77.6 Å². The summed E-state index contributed by atoms with van der Waals surface area (Å²) in [4.78, 5) is 2.67. The summed E-state index contributed by atoms with van der Waals surface area (Å²) in [5.41, 5.74) is 10.5. The van der Waals surface area contributed by atoms with Crippen molar-refractivity contribution in [1.82, 2.24) is 0 Å². The number of fused-ring (bicyclic) bond motifs is 6. The summed E-state index contributed by atoms with van der Waals surface area (Å²) in [5.74, 6) is 1.19. The van der Waals surface area contributed by atoms with Crippen LogP contribution in [-0.4, -0.2) is 23.4 Å². The Balaban J connectivity index is 1.35. The zero-order valence-corrected chi connectivity index (χ0v) is 34.7. The van der Waals surface area contributed by atoms with Gasteiger partial charge in [0.25, 0.3) is 0 Å². The number of hydrogen-bond donors (Lipinski definition) is 0. The van der Waals surface area contributed by atoms with Crippen LogP contribution in [0.2, 0.25) is 0 Å². The second-order valence-electron chi connectivity index (χ2n) is 17.6. The van der Waals surface area contributed by atoms with Gasteiger partial charge in [-0.2, -0.15) is 4.58 Å². The van der Waals surface area contributed by atoms with E-state index in [4.69, 9.17) is 0 Å². The Morgan fingerprint density at radius 1 is 0.649 bits per heavy atom. The van der Waals surface area contributed by atoms with Gasteiger partial charge < -0.3 is 4.90 Å². The molecule has 0 radical (unpaired) electrons. The van der Waals surface area contributed by atoms with Crippen LogP contribution in [0.3, 0.4) is 0 Å². The molecule has 288 valence electrons. The Bertz CT molecular complexity index is 2480. The third kappa shape index (κ3) is 7.20. The van der Waals surface area contributed by atoms with Crippen LogP contribution in [-0.2, 0) is 23.7 Å². The first-order chi connectivity index (χ1) is 27.7. The normalized spacial score (nSPS) is 19.8. The Morgan fingerprint density at radius 2 is 1.23 bits per heavy atom. The maximum Gasteiger partial charge on any atom is 0.210 e. The van der Waals surface area contributed by atoms with Gasteiger partial charge in [0.15, 0.2) is 5.71 Å². The standard InChI is InChI=1S/C55H59N2/c1-7-35-55(39-43-21-12-9-13-22-43)51(57(37-34-41(4)5)49-32-30-45-24-15-17-26-47(45)53(49)55)28-18-27-50-54(6,38-42-19-10-8-11-20-42)52-46-25-16-14-23-44(46)29-31-48(52)56(50)36-33-40(2)3/h7-32,40-41H,1,33-39H2,2-6H3/q+1. The highest BCUT2D eigenvalue weighted by Crippen LogP contribution is 2.55. The van der Waals surface area contributed by atoms with E-state index in [0.29, 0.717) is 11.8 Å². The van der Waals surface area contributed by atoms with Gasteiger partial charge in [0.1, 0.15) is 6.54 Å². The van der Waals surface area contributed by atoms with E-state index in [-0.39, 0.29) is 10.8 Å². The van der Waals surface area contributed by atoms with E-state index in [1.165, 1.54) is 66.6 Å². The van der Waals surface area contributed by atoms with Crippen molar-refractivity contribution in [3.63, 3.8) is 0 Å². The molecule has 0 aromatic heterocycles. The van der Waals surface area contributed by atoms with E-state index >= 15 is 0 Å². The van der Waals surface area contributed by atoms with Crippen molar-refractivity contribution in [3.8, 4) is 0 Å². The van der Waals surface area contributed by atoms with E-state index in [2.05, 4.69) is 208 Å². The Labute approximate surface area is 341 Å². The summed E-state index contributed by atoms with van der Waals surface area (Å²) >= 11 is 0. The number of benzene rings is 6. The molecule has 2 aliphatic rings. The highest BCUT2D eigenvalue weighted by atomic mass is 15.2. The highest BCUT2D eigenvalue weighted by molar-refractivity contribution is 6.08. The predicted molar refractivity (Wildman–Crippen MR) is 245 cm³/mol. The molecule has 0 aliphatic carbocycles. The van der Waals surface area contributed by atoms with Crippen LogP contribution in [0.5, 0.6) is 0 Å². The van der Waals surface area contributed by atoms with Crippen LogP contribution in [0.4, 0.5) is 11.4 Å². The summed E-state index contributed by atoms with van der Waals surface area (Å²) in [7, 11) is 0. The van der Waals surface area contributed by atoms with Gasteiger partial charge in [0.2, 0.25) is 5.69 Å². The van der Waals surface area contributed by atoms with Gasteiger partial charge in [-0.3, -0.25) is 0 Å². The van der Waals surface area contributed by atoms with Crippen LogP contribution >= 0.6 is 0 Å². The van der Waals surface area contributed by atoms with E-state index in [1.807, 2.05) is 0 Å². The molecule has 8 rings (SSSR count). The number of anilines is 1.